The van der Waals surface area contributed by atoms with Gasteiger partial charge in [-0.15, -0.1) is 0 Å². The molecule has 25 heavy (non-hydrogen) atoms. The number of fused-ring (bicyclic) bond motifs is 2. The Morgan fingerprint density at radius 3 is 2.52 bits per heavy atom. The second kappa shape index (κ2) is 6.01. The van der Waals surface area contributed by atoms with Crippen molar-refractivity contribution in [3.05, 3.63) is 29.8 Å². The summed E-state index contributed by atoms with van der Waals surface area (Å²) in [5, 5.41) is 0. The zero-order valence-electron chi connectivity index (χ0n) is 14.0. The summed E-state index contributed by atoms with van der Waals surface area (Å²) in [6.45, 7) is 0.212. The van der Waals surface area contributed by atoms with Crippen LogP contribution in [0.2, 0.25) is 0 Å². The van der Waals surface area contributed by atoms with E-state index >= 15 is 0 Å². The molecule has 0 N–H and O–H groups in total. The molecule has 136 valence electrons. The zero-order chi connectivity index (χ0) is 17.7. The van der Waals surface area contributed by atoms with Crippen LogP contribution in [0.15, 0.2) is 24.3 Å². The number of hydrogen-bond donors (Lipinski definition) is 0. The summed E-state index contributed by atoms with van der Waals surface area (Å²) in [6.07, 6.45) is -1.44. The van der Waals surface area contributed by atoms with Crippen molar-refractivity contribution >= 4 is 11.6 Å². The molecule has 1 aliphatic carbocycles. The first-order chi connectivity index (χ1) is 11.9. The predicted molar refractivity (Wildman–Crippen MR) is 87.5 cm³/mol. The van der Waals surface area contributed by atoms with Gasteiger partial charge in [-0.2, -0.15) is 13.2 Å². The van der Waals surface area contributed by atoms with Crippen molar-refractivity contribution in [2.24, 2.45) is 0 Å². The van der Waals surface area contributed by atoms with Gasteiger partial charge in [0, 0.05) is 5.69 Å². The molecule has 2 atom stereocenters. The van der Waals surface area contributed by atoms with Gasteiger partial charge in [-0.25, -0.2) is 0 Å². The molecule has 0 aromatic heterocycles. The van der Waals surface area contributed by atoms with Crippen LogP contribution in [0.5, 0.6) is 0 Å². The fraction of sp³-hybridized carbons (Fsp3) is 0.632. The number of anilines is 1. The van der Waals surface area contributed by atoms with Crippen molar-refractivity contribution in [2.75, 3.05) is 11.4 Å². The second-order valence-corrected chi connectivity index (χ2v) is 7.44. The van der Waals surface area contributed by atoms with Gasteiger partial charge in [-0.3, -0.25) is 4.79 Å². The Balaban J connectivity index is 1.58. The van der Waals surface area contributed by atoms with Crippen LogP contribution in [0.4, 0.5) is 18.9 Å². The summed E-state index contributed by atoms with van der Waals surface area (Å²) in [7, 11) is 0. The van der Waals surface area contributed by atoms with Crippen molar-refractivity contribution in [1.29, 1.82) is 0 Å². The third-order valence-corrected chi connectivity index (χ3v) is 5.93. The van der Waals surface area contributed by atoms with E-state index in [2.05, 4.69) is 0 Å². The quantitative estimate of drug-likeness (QED) is 0.791. The molecule has 1 saturated carbocycles. The van der Waals surface area contributed by atoms with Crippen molar-refractivity contribution in [1.82, 2.24) is 0 Å². The summed E-state index contributed by atoms with van der Waals surface area (Å²) in [5.41, 5.74) is 1.43. The first-order valence-electron chi connectivity index (χ1n) is 9.05. The molecule has 2 fully saturated rings. The molecule has 1 aromatic rings. The summed E-state index contributed by atoms with van der Waals surface area (Å²) in [6, 6.07) is 7.74. The fourth-order valence-corrected chi connectivity index (χ4v) is 4.70. The number of rotatable bonds is 2. The highest BCUT2D eigenvalue weighted by Crippen LogP contribution is 2.50. The van der Waals surface area contributed by atoms with Crippen LogP contribution < -0.4 is 4.90 Å². The Morgan fingerprint density at radius 2 is 1.84 bits per heavy atom. The van der Waals surface area contributed by atoms with Gasteiger partial charge in [-0.05, 0) is 37.3 Å². The lowest BCUT2D eigenvalue weighted by atomic mass is 9.70. The second-order valence-electron chi connectivity index (χ2n) is 7.44. The molecule has 1 spiro atoms. The molecular formula is C19H22F3NO2. The molecule has 3 aliphatic rings. The van der Waals surface area contributed by atoms with E-state index in [9.17, 15) is 18.0 Å². The molecule has 0 bridgehead atoms. The monoisotopic (exact) mass is 353 g/mol. The van der Waals surface area contributed by atoms with Crippen LogP contribution in [0.25, 0.3) is 0 Å². The summed E-state index contributed by atoms with van der Waals surface area (Å²) < 4.78 is 43.7. The van der Waals surface area contributed by atoms with Gasteiger partial charge in [0.05, 0.1) is 18.1 Å². The number of benzene rings is 1. The summed E-state index contributed by atoms with van der Waals surface area (Å²) in [4.78, 5) is 14.9. The molecule has 1 amide bonds. The third kappa shape index (κ3) is 2.75. The molecule has 1 saturated heterocycles. The van der Waals surface area contributed by atoms with Crippen molar-refractivity contribution in [3.8, 4) is 0 Å². The van der Waals surface area contributed by atoms with Crippen LogP contribution in [0, 0.1) is 0 Å². The van der Waals surface area contributed by atoms with Crippen LogP contribution in [0.1, 0.15) is 50.5 Å². The Morgan fingerprint density at radius 1 is 1.12 bits per heavy atom. The SMILES string of the molecule is O=C1N(CC2CCC(C(F)(F)F)O2)c2ccccc2C12CCCCC2. The van der Waals surface area contributed by atoms with E-state index < -0.39 is 23.8 Å². The van der Waals surface area contributed by atoms with Gasteiger partial charge in [0.25, 0.3) is 0 Å². The minimum Gasteiger partial charge on any atom is -0.364 e. The normalized spacial score (nSPS) is 28.6. The molecule has 0 radical (unpaired) electrons. The Kier molecular flexibility index (Phi) is 4.06. The Bertz CT molecular complexity index is 667. The maximum absolute atomic E-state index is 13.3. The molecule has 2 unspecified atom stereocenters. The maximum atomic E-state index is 13.3. The van der Waals surface area contributed by atoms with Gasteiger partial charge >= 0.3 is 6.18 Å². The summed E-state index contributed by atoms with van der Waals surface area (Å²) >= 11 is 0. The predicted octanol–water partition coefficient (Wildman–Crippen LogP) is 4.35. The number of halogens is 3. The molecule has 1 aromatic carbocycles. The molecule has 6 heteroatoms. The lowest BCUT2D eigenvalue weighted by molar-refractivity contribution is -0.214. The lowest BCUT2D eigenvalue weighted by Gasteiger charge is -2.33. The first-order valence-corrected chi connectivity index (χ1v) is 9.05. The number of carbonyl (C=O) groups excluding carboxylic acids is 1. The van der Waals surface area contributed by atoms with Gasteiger partial charge in [0.15, 0.2) is 6.10 Å². The highest BCUT2D eigenvalue weighted by atomic mass is 19.4. The van der Waals surface area contributed by atoms with Crippen LogP contribution in [-0.2, 0) is 14.9 Å². The number of para-hydroxylation sites is 1. The van der Waals surface area contributed by atoms with Crippen molar-refractivity contribution in [3.63, 3.8) is 0 Å². The van der Waals surface area contributed by atoms with Crippen LogP contribution >= 0.6 is 0 Å². The van der Waals surface area contributed by atoms with E-state index in [1.165, 1.54) is 0 Å². The minimum atomic E-state index is -4.33. The molecule has 3 nitrogen and oxygen atoms in total. The number of carbonyl (C=O) groups is 1. The topological polar surface area (TPSA) is 29.5 Å². The van der Waals surface area contributed by atoms with E-state index in [-0.39, 0.29) is 18.9 Å². The van der Waals surface area contributed by atoms with Gasteiger partial charge in [0.2, 0.25) is 5.91 Å². The van der Waals surface area contributed by atoms with Crippen molar-refractivity contribution in [2.45, 2.75) is 68.7 Å². The summed E-state index contributed by atoms with van der Waals surface area (Å²) in [5.74, 6) is 0.0486. The molecule has 2 aliphatic heterocycles. The molecular weight excluding hydrogens is 331 g/mol. The number of nitrogens with zero attached hydrogens (tertiary/aromatic N) is 1. The van der Waals surface area contributed by atoms with Crippen molar-refractivity contribution < 1.29 is 22.7 Å². The number of ether oxygens (including phenoxy) is 1. The zero-order valence-corrected chi connectivity index (χ0v) is 14.0. The highest BCUT2D eigenvalue weighted by molar-refractivity contribution is 6.08. The van der Waals surface area contributed by atoms with E-state index in [1.54, 1.807) is 4.90 Å². The average Bonchev–Trinajstić information content (AvgIpc) is 3.15. The molecule has 2 heterocycles. The largest absolute Gasteiger partial charge is 0.414 e. The van der Waals surface area contributed by atoms with Gasteiger partial charge < -0.3 is 9.64 Å². The van der Waals surface area contributed by atoms with E-state index in [4.69, 9.17) is 4.74 Å². The van der Waals surface area contributed by atoms with Crippen LogP contribution in [-0.4, -0.2) is 30.8 Å². The van der Waals surface area contributed by atoms with Crippen LogP contribution in [0.3, 0.4) is 0 Å². The number of amides is 1. The van der Waals surface area contributed by atoms with E-state index in [0.29, 0.717) is 6.42 Å². The van der Waals surface area contributed by atoms with E-state index in [1.807, 2.05) is 24.3 Å². The standard InChI is InChI=1S/C19H22F3NO2/c20-19(21,22)16-9-8-13(25-16)12-23-15-7-3-2-6-14(15)18(17(23)24)10-4-1-5-11-18/h2-3,6-7,13,16H,1,4-5,8-12H2. The highest BCUT2D eigenvalue weighted by Gasteiger charge is 2.52. The number of alkyl halides is 3. The lowest BCUT2D eigenvalue weighted by Crippen LogP contribution is -2.44. The minimum absolute atomic E-state index is 0.0248. The first kappa shape index (κ1) is 16.9. The van der Waals surface area contributed by atoms with E-state index in [0.717, 1.165) is 43.4 Å². The van der Waals surface area contributed by atoms with Gasteiger partial charge in [-0.1, -0.05) is 37.5 Å². The third-order valence-electron chi connectivity index (χ3n) is 5.93. The Hall–Kier alpha value is -1.56. The smallest absolute Gasteiger partial charge is 0.364 e. The fourth-order valence-electron chi connectivity index (χ4n) is 4.70. The molecule has 4 rings (SSSR count). The van der Waals surface area contributed by atoms with Gasteiger partial charge in [0.1, 0.15) is 0 Å². The Labute approximate surface area is 145 Å². The maximum Gasteiger partial charge on any atom is 0.414 e. The average molecular weight is 353 g/mol. The number of hydrogen-bond acceptors (Lipinski definition) is 2.